The van der Waals surface area contributed by atoms with E-state index in [9.17, 15) is 0 Å². The van der Waals surface area contributed by atoms with Crippen molar-refractivity contribution in [3.8, 4) is 11.1 Å². The van der Waals surface area contributed by atoms with Gasteiger partial charge in [0.25, 0.3) is 0 Å². The van der Waals surface area contributed by atoms with Crippen LogP contribution in [0.3, 0.4) is 0 Å². The summed E-state index contributed by atoms with van der Waals surface area (Å²) < 4.78 is 8.24. The Morgan fingerprint density at radius 3 is 1.85 bits per heavy atom. The molecule has 0 saturated carbocycles. The summed E-state index contributed by atoms with van der Waals surface area (Å²) in [5.74, 6) is 0. The van der Waals surface area contributed by atoms with Crippen molar-refractivity contribution >= 4 is 148 Å². The third-order valence-electron chi connectivity index (χ3n) is 2.87. The molecule has 0 amide bonds. The van der Waals surface area contributed by atoms with E-state index in [4.69, 9.17) is 0 Å². The van der Waals surface area contributed by atoms with Crippen LogP contribution in [0.25, 0.3) is 11.1 Å². The number of benzene rings is 2. The van der Waals surface area contributed by atoms with Gasteiger partial charge in [-0.05, 0) is 0 Å². The molecule has 0 atom stereocenters. The van der Waals surface area contributed by atoms with Crippen LogP contribution >= 0.6 is 0 Å². The van der Waals surface area contributed by atoms with Gasteiger partial charge in [0, 0.05) is 0 Å². The van der Waals surface area contributed by atoms with Gasteiger partial charge in [0.15, 0.2) is 0 Å². The molecule has 20 heavy (non-hydrogen) atoms. The quantitative estimate of drug-likeness (QED) is 0.258. The van der Waals surface area contributed by atoms with Crippen LogP contribution < -0.4 is 14.4 Å². The average molecular weight is 942 g/mol. The Kier molecular flexibility index (Phi) is 8.81. The van der Waals surface area contributed by atoms with E-state index in [2.05, 4.69) is 158 Å². The summed E-state index contributed by atoms with van der Waals surface area (Å²) in [6, 6.07) is 8.99. The van der Waals surface area contributed by atoms with Gasteiger partial charge in [-0.15, -0.1) is 0 Å². The van der Waals surface area contributed by atoms with Crippen LogP contribution in [0.15, 0.2) is 24.3 Å². The Hall–Kier alpha value is 3.18. The zero-order valence-corrected chi connectivity index (χ0v) is 24.2. The van der Waals surface area contributed by atoms with E-state index in [1.165, 1.54) is 30.0 Å². The molecule has 3 rings (SSSR count). The second kappa shape index (κ2) is 9.04. The fraction of sp³-hybridized carbons (Fsp3) is 0.143. The molecule has 1 aromatic rings. The van der Waals surface area contributed by atoms with Crippen molar-refractivity contribution in [1.29, 1.82) is 0 Å². The Balaban J connectivity index is 0.000000147. The van der Waals surface area contributed by atoms with Gasteiger partial charge in [-0.3, -0.25) is 0 Å². The van der Waals surface area contributed by atoms with Crippen molar-refractivity contribution in [1.82, 2.24) is 0 Å². The van der Waals surface area contributed by atoms with E-state index in [-0.39, 0.29) is 0 Å². The summed E-state index contributed by atoms with van der Waals surface area (Å²) in [4.78, 5) is 0. The molecule has 0 unspecified atom stereocenters. The van der Waals surface area contributed by atoms with Gasteiger partial charge in [-0.2, -0.15) is 0 Å². The number of rotatable bonds is 2. The Morgan fingerprint density at radius 1 is 0.750 bits per heavy atom. The van der Waals surface area contributed by atoms with Crippen molar-refractivity contribution in [2.75, 3.05) is 0 Å². The van der Waals surface area contributed by atoms with Crippen LogP contribution in [0.4, 0.5) is 0 Å². The van der Waals surface area contributed by atoms with Crippen LogP contribution in [-0.4, -0.2) is 134 Å². The van der Waals surface area contributed by atoms with Crippen LogP contribution in [0, 0.1) is 0 Å². The number of hydrogen-bond donors (Lipinski definition) is 0. The fourth-order valence-corrected chi connectivity index (χ4v) is 9.38. The van der Waals surface area contributed by atoms with E-state index in [1.54, 1.807) is 11.1 Å². The predicted molar refractivity (Wildman–Crippen MR) is 92.3 cm³/mol. The molecule has 1 aromatic carbocycles. The first-order valence-electron chi connectivity index (χ1n) is 5.67. The molecule has 0 bridgehead atoms. The number of fused-ring (bicyclic) bond motifs is 1. The Bertz CT molecular complexity index is 649. The van der Waals surface area contributed by atoms with E-state index in [0.717, 1.165) is 4.47 Å². The summed E-state index contributed by atoms with van der Waals surface area (Å²) in [5.41, 5.74) is 6.12. The maximum atomic E-state index is 2.34. The first-order valence-corrected chi connectivity index (χ1v) is 13.6. The Morgan fingerprint density at radius 2 is 1.40 bits per heavy atom. The molecule has 100 valence electrons. The molecule has 6 radical (unpaired) electrons. The molecule has 0 saturated heterocycles. The van der Waals surface area contributed by atoms with Crippen molar-refractivity contribution < 1.29 is 0 Å². The molecular weight excluding hydrogens is 934 g/mol. The molecule has 0 fully saturated rings. The van der Waals surface area contributed by atoms with Gasteiger partial charge < -0.3 is 0 Å². The second-order valence-electron chi connectivity index (χ2n) is 4.17. The van der Waals surface area contributed by atoms with Gasteiger partial charge in [-0.25, -0.2) is 0 Å². The molecule has 2 aliphatic rings. The van der Waals surface area contributed by atoms with Crippen LogP contribution in [0.5, 0.6) is 0 Å². The molecular formula is C14H8Te6. The van der Waals surface area contributed by atoms with Gasteiger partial charge in [-0.1, -0.05) is 0 Å². The molecule has 2 aliphatic carbocycles. The molecule has 0 aromatic heterocycles. The van der Waals surface area contributed by atoms with Crippen molar-refractivity contribution in [2.24, 2.45) is 0 Å². The van der Waals surface area contributed by atoms with Crippen LogP contribution in [0.1, 0.15) is 11.1 Å². The van der Waals surface area contributed by atoms with E-state index >= 15 is 0 Å². The predicted octanol–water partition coefficient (Wildman–Crippen LogP) is -2.13. The van der Waals surface area contributed by atoms with Crippen LogP contribution in [0.2, 0.25) is 0 Å². The molecule has 6 heteroatoms. The SMILES string of the molecule is [Te]Cc1cc2c([Te])c-2c1[Te].[Te]Cc1ccc([Te])cc1[Te]. The molecule has 0 spiro atoms. The average Bonchev–Trinajstić information content (AvgIpc) is 2.91. The first-order chi connectivity index (χ1) is 9.49. The molecule has 0 N–H and O–H groups in total. The minimum absolute atomic E-state index is 1.16. The molecule has 0 nitrogen and oxygen atoms in total. The monoisotopic (exact) mass is 955 g/mol. The van der Waals surface area contributed by atoms with E-state index in [0.29, 0.717) is 0 Å². The third-order valence-corrected chi connectivity index (χ3v) is 8.99. The van der Waals surface area contributed by atoms with Gasteiger partial charge in [0.05, 0.1) is 0 Å². The third kappa shape index (κ3) is 4.85. The van der Waals surface area contributed by atoms with Gasteiger partial charge in [0.2, 0.25) is 0 Å². The zero-order chi connectivity index (χ0) is 14.9. The van der Waals surface area contributed by atoms with Gasteiger partial charge >= 0.3 is 204 Å². The second-order valence-corrected chi connectivity index (χ2v) is 10.8. The molecule has 0 aliphatic heterocycles. The summed E-state index contributed by atoms with van der Waals surface area (Å²) >= 11 is 12.8. The normalized spacial score (nSPS) is 10.7. The standard InChI is InChI=1S/C7H3Te3.C7H5Te3/c8-2-3-1-4-5(6(3)9)7(4)10;8-4-5-1-2-6(9)3-7(5)10/h1H,2H2;1-3H,4H2. The maximum absolute atomic E-state index is 2.34. The Labute approximate surface area is 199 Å². The summed E-state index contributed by atoms with van der Waals surface area (Å²) in [5, 5.41) is 0. The minimum atomic E-state index is 1.16. The zero-order valence-electron chi connectivity index (χ0n) is 10.2. The topological polar surface area (TPSA) is 0 Å². The van der Waals surface area contributed by atoms with Crippen molar-refractivity contribution in [3.63, 3.8) is 0 Å². The first kappa shape index (κ1) is 19.5. The van der Waals surface area contributed by atoms with Crippen molar-refractivity contribution in [3.05, 3.63) is 35.4 Å². The van der Waals surface area contributed by atoms with E-state index < -0.39 is 0 Å². The number of hydrogen-bond acceptors (Lipinski definition) is 0. The summed E-state index contributed by atoms with van der Waals surface area (Å²) in [7, 11) is 0. The summed E-state index contributed by atoms with van der Waals surface area (Å²) in [6.45, 7) is 0. The fourth-order valence-electron chi connectivity index (χ4n) is 1.71. The summed E-state index contributed by atoms with van der Waals surface area (Å²) in [6.07, 6.45) is 0. The van der Waals surface area contributed by atoms with E-state index in [1.807, 2.05) is 0 Å². The molecule has 0 heterocycles. The van der Waals surface area contributed by atoms with Gasteiger partial charge in [0.1, 0.15) is 0 Å². The van der Waals surface area contributed by atoms with Crippen LogP contribution in [-0.2, 0) is 8.94 Å². The van der Waals surface area contributed by atoms with Crippen molar-refractivity contribution in [2.45, 2.75) is 8.94 Å².